The second kappa shape index (κ2) is 13.3. The van der Waals surface area contributed by atoms with Crippen LogP contribution in [0.2, 0.25) is 0 Å². The minimum Gasteiger partial charge on any atom is -0.455 e. The normalized spacial score (nSPS) is 11.6. The van der Waals surface area contributed by atoms with E-state index in [0.29, 0.717) is 17.5 Å². The molecule has 11 rings (SSSR count). The Labute approximate surface area is 327 Å². The van der Waals surface area contributed by atoms with E-state index in [0.717, 1.165) is 55.3 Å². The zero-order valence-corrected chi connectivity index (χ0v) is 30.9. The molecule has 3 aromatic heterocycles. The van der Waals surface area contributed by atoms with Crippen molar-refractivity contribution in [2.45, 2.75) is 0 Å². The lowest BCUT2D eigenvalue weighted by Gasteiger charge is -2.10. The average Bonchev–Trinajstić information content (AvgIpc) is 3.85. The van der Waals surface area contributed by atoms with E-state index in [-0.39, 0.29) is 0 Å². The standard InChI is InChI=1S/C51H31N3OS/c1-4-12-32(13-5-1)34-22-24-36(25-23-34)50-52-49(35-16-8-3-9-17-35)53-51(54-50)42-20-11-21-44-47(42)41-19-10-18-39(48(41)55-44)38-27-29-45-43(30-38)40-28-26-37(31-46(40)56-45)33-14-6-2-7-15-33/h1-31H. The lowest BCUT2D eigenvalue weighted by atomic mass is 9.98. The Bertz CT molecular complexity index is 3230. The Morgan fingerprint density at radius 1 is 0.339 bits per heavy atom. The number of rotatable bonds is 6. The molecule has 0 amide bonds. The Kier molecular flexibility index (Phi) is 7.64. The van der Waals surface area contributed by atoms with E-state index >= 15 is 0 Å². The maximum atomic E-state index is 6.76. The van der Waals surface area contributed by atoms with Crippen molar-refractivity contribution >= 4 is 53.4 Å². The van der Waals surface area contributed by atoms with E-state index in [1.54, 1.807) is 0 Å². The Balaban J connectivity index is 1.04. The zero-order chi connectivity index (χ0) is 37.0. The van der Waals surface area contributed by atoms with Crippen molar-refractivity contribution in [2.75, 3.05) is 0 Å². The van der Waals surface area contributed by atoms with Gasteiger partial charge in [-0.1, -0.05) is 164 Å². The first-order chi connectivity index (χ1) is 27.7. The van der Waals surface area contributed by atoms with Crippen LogP contribution in [0.25, 0.3) is 110 Å². The summed E-state index contributed by atoms with van der Waals surface area (Å²) in [6.45, 7) is 0. The summed E-state index contributed by atoms with van der Waals surface area (Å²) in [6, 6.07) is 65.6. The molecule has 3 heterocycles. The molecular weight excluding hydrogens is 703 g/mol. The van der Waals surface area contributed by atoms with Gasteiger partial charge in [0.15, 0.2) is 17.5 Å². The third kappa shape index (κ3) is 5.56. The molecule has 0 aliphatic rings. The summed E-state index contributed by atoms with van der Waals surface area (Å²) in [5.74, 6) is 1.84. The first-order valence-electron chi connectivity index (χ1n) is 18.7. The van der Waals surface area contributed by atoms with Crippen molar-refractivity contribution in [1.29, 1.82) is 0 Å². The lowest BCUT2D eigenvalue weighted by Crippen LogP contribution is -2.00. The molecule has 0 atom stereocenters. The highest BCUT2D eigenvalue weighted by atomic mass is 32.1. The Morgan fingerprint density at radius 3 is 1.62 bits per heavy atom. The van der Waals surface area contributed by atoms with E-state index in [1.165, 1.54) is 36.9 Å². The van der Waals surface area contributed by atoms with Crippen molar-refractivity contribution in [2.24, 2.45) is 0 Å². The van der Waals surface area contributed by atoms with Crippen molar-refractivity contribution in [3.05, 3.63) is 188 Å². The predicted octanol–water partition coefficient (Wildman–Crippen LogP) is 14.1. The minimum absolute atomic E-state index is 0.598. The molecule has 0 spiro atoms. The van der Waals surface area contributed by atoms with Crippen molar-refractivity contribution in [1.82, 2.24) is 15.0 Å². The molecule has 0 unspecified atom stereocenters. The molecule has 0 saturated heterocycles. The summed E-state index contributed by atoms with van der Waals surface area (Å²) in [6.07, 6.45) is 0. The number of furan rings is 1. The molecule has 11 aromatic rings. The van der Waals surface area contributed by atoms with Crippen LogP contribution < -0.4 is 0 Å². The van der Waals surface area contributed by atoms with Crippen LogP contribution in [0.3, 0.4) is 0 Å². The van der Waals surface area contributed by atoms with E-state index in [9.17, 15) is 0 Å². The van der Waals surface area contributed by atoms with E-state index in [2.05, 4.69) is 140 Å². The van der Waals surface area contributed by atoms with Crippen LogP contribution in [-0.4, -0.2) is 15.0 Å². The van der Waals surface area contributed by atoms with Crippen molar-refractivity contribution in [3.8, 4) is 67.5 Å². The van der Waals surface area contributed by atoms with Crippen molar-refractivity contribution < 1.29 is 4.42 Å². The highest BCUT2D eigenvalue weighted by Crippen LogP contribution is 2.43. The van der Waals surface area contributed by atoms with Gasteiger partial charge in [-0.2, -0.15) is 0 Å². The van der Waals surface area contributed by atoms with Crippen LogP contribution in [-0.2, 0) is 0 Å². The van der Waals surface area contributed by atoms with E-state index in [4.69, 9.17) is 19.4 Å². The molecule has 4 nitrogen and oxygen atoms in total. The number of thiophene rings is 1. The summed E-state index contributed by atoms with van der Waals surface area (Å²) in [5, 5.41) is 4.51. The first-order valence-corrected chi connectivity index (χ1v) is 19.5. The van der Waals surface area contributed by atoms with Gasteiger partial charge in [0.2, 0.25) is 0 Å². The number of nitrogens with zero attached hydrogens (tertiary/aromatic N) is 3. The molecular formula is C51H31N3OS. The monoisotopic (exact) mass is 733 g/mol. The molecule has 56 heavy (non-hydrogen) atoms. The average molecular weight is 734 g/mol. The zero-order valence-electron chi connectivity index (χ0n) is 30.1. The van der Waals surface area contributed by atoms with Crippen LogP contribution in [0.15, 0.2) is 192 Å². The van der Waals surface area contributed by atoms with Gasteiger partial charge in [0.05, 0.1) is 0 Å². The van der Waals surface area contributed by atoms with Gasteiger partial charge in [-0.25, -0.2) is 15.0 Å². The third-order valence-electron chi connectivity index (χ3n) is 10.6. The van der Waals surface area contributed by atoms with Crippen LogP contribution in [0.1, 0.15) is 0 Å². The number of benzene rings is 8. The van der Waals surface area contributed by atoms with Gasteiger partial charge in [-0.3, -0.25) is 0 Å². The van der Waals surface area contributed by atoms with Gasteiger partial charge in [-0.05, 0) is 52.1 Å². The molecule has 0 aliphatic carbocycles. The molecule has 262 valence electrons. The molecule has 0 saturated carbocycles. The predicted molar refractivity (Wildman–Crippen MR) is 233 cm³/mol. The molecule has 0 fully saturated rings. The van der Waals surface area contributed by atoms with E-state index in [1.807, 2.05) is 59.9 Å². The fraction of sp³-hybridized carbons (Fsp3) is 0. The minimum atomic E-state index is 0.598. The summed E-state index contributed by atoms with van der Waals surface area (Å²) in [5.41, 5.74) is 11.3. The smallest absolute Gasteiger partial charge is 0.164 e. The van der Waals surface area contributed by atoms with Gasteiger partial charge in [-0.15, -0.1) is 11.3 Å². The molecule has 5 heteroatoms. The third-order valence-corrected chi connectivity index (χ3v) is 11.7. The second-order valence-corrected chi connectivity index (χ2v) is 15.1. The van der Waals surface area contributed by atoms with Gasteiger partial charge < -0.3 is 4.42 Å². The fourth-order valence-electron chi connectivity index (χ4n) is 7.80. The van der Waals surface area contributed by atoms with Crippen LogP contribution in [0, 0.1) is 0 Å². The molecule has 0 aliphatic heterocycles. The summed E-state index contributed by atoms with van der Waals surface area (Å²) in [4.78, 5) is 15.2. The molecule has 0 radical (unpaired) electrons. The molecule has 0 N–H and O–H groups in total. The van der Waals surface area contributed by atoms with Crippen LogP contribution >= 0.6 is 11.3 Å². The highest BCUT2D eigenvalue weighted by molar-refractivity contribution is 7.25. The fourth-order valence-corrected chi connectivity index (χ4v) is 8.93. The first kappa shape index (κ1) is 32.2. The van der Waals surface area contributed by atoms with Crippen LogP contribution in [0.4, 0.5) is 0 Å². The summed E-state index contributed by atoms with van der Waals surface area (Å²) in [7, 11) is 0. The number of aromatic nitrogens is 3. The lowest BCUT2D eigenvalue weighted by molar-refractivity contribution is 0.670. The maximum absolute atomic E-state index is 6.76. The number of hydrogen-bond donors (Lipinski definition) is 0. The number of fused-ring (bicyclic) bond motifs is 6. The quantitative estimate of drug-likeness (QED) is 0.171. The topological polar surface area (TPSA) is 51.8 Å². The Hall–Kier alpha value is -7.21. The summed E-state index contributed by atoms with van der Waals surface area (Å²) >= 11 is 1.84. The molecule has 8 aromatic carbocycles. The van der Waals surface area contributed by atoms with Crippen molar-refractivity contribution in [3.63, 3.8) is 0 Å². The Morgan fingerprint density at radius 2 is 0.893 bits per heavy atom. The summed E-state index contributed by atoms with van der Waals surface area (Å²) < 4.78 is 9.31. The van der Waals surface area contributed by atoms with Gasteiger partial charge >= 0.3 is 0 Å². The molecule has 0 bridgehead atoms. The van der Waals surface area contributed by atoms with Crippen LogP contribution in [0.5, 0.6) is 0 Å². The number of para-hydroxylation sites is 1. The van der Waals surface area contributed by atoms with Gasteiger partial charge in [0, 0.05) is 53.2 Å². The van der Waals surface area contributed by atoms with E-state index < -0.39 is 0 Å². The second-order valence-electron chi connectivity index (χ2n) is 14.0. The number of hydrogen-bond acceptors (Lipinski definition) is 5. The SMILES string of the molecule is c1ccc(-c2ccc(-c3nc(-c4ccccc4)nc(-c4cccc5oc6c(-c7ccc8sc9cc(-c%10ccccc%10)ccc9c8c7)cccc6c45)n3)cc2)cc1. The largest absolute Gasteiger partial charge is 0.455 e. The maximum Gasteiger partial charge on any atom is 0.164 e. The van der Waals surface area contributed by atoms with Gasteiger partial charge in [0.1, 0.15) is 11.2 Å². The van der Waals surface area contributed by atoms with Gasteiger partial charge in [0.25, 0.3) is 0 Å². The highest BCUT2D eigenvalue weighted by Gasteiger charge is 2.20.